The quantitative estimate of drug-likeness (QED) is 0.454. The van der Waals surface area contributed by atoms with E-state index in [1.165, 1.54) is 6.92 Å². The Kier molecular flexibility index (Phi) is 9.46. The second kappa shape index (κ2) is 9.89. The Morgan fingerprint density at radius 2 is 1.87 bits per heavy atom. The van der Waals surface area contributed by atoms with Crippen molar-refractivity contribution in [1.82, 2.24) is 5.32 Å². The normalized spacial score (nSPS) is 10.7. The SMILES string of the molecule is CCOC(COCCNC(C)=O)OCC. The van der Waals surface area contributed by atoms with Gasteiger partial charge in [-0.3, -0.25) is 4.79 Å². The number of rotatable bonds is 9. The Bertz CT molecular complexity index is 158. The van der Waals surface area contributed by atoms with Crippen LogP contribution in [0.3, 0.4) is 0 Å². The molecule has 0 saturated heterocycles. The van der Waals surface area contributed by atoms with Crippen LogP contribution in [0.5, 0.6) is 0 Å². The van der Waals surface area contributed by atoms with Crippen molar-refractivity contribution < 1.29 is 19.0 Å². The van der Waals surface area contributed by atoms with Crippen LogP contribution in [0.15, 0.2) is 0 Å². The standard InChI is InChI=1S/C10H21NO4/c1-4-14-10(15-5-2)8-13-7-6-11-9(3)12/h10H,4-8H2,1-3H3,(H,11,12). The van der Waals surface area contributed by atoms with Gasteiger partial charge < -0.3 is 19.5 Å². The van der Waals surface area contributed by atoms with Crippen molar-refractivity contribution in [3.05, 3.63) is 0 Å². The molecule has 0 aromatic heterocycles. The summed E-state index contributed by atoms with van der Waals surface area (Å²) in [5.74, 6) is -0.0511. The van der Waals surface area contributed by atoms with Crippen LogP contribution in [0.25, 0.3) is 0 Å². The first-order chi connectivity index (χ1) is 7.20. The summed E-state index contributed by atoms with van der Waals surface area (Å²) in [4.78, 5) is 10.5. The van der Waals surface area contributed by atoms with Crippen LogP contribution in [0.1, 0.15) is 20.8 Å². The maximum atomic E-state index is 10.5. The highest BCUT2D eigenvalue weighted by Gasteiger charge is 2.07. The Morgan fingerprint density at radius 3 is 2.33 bits per heavy atom. The smallest absolute Gasteiger partial charge is 0.216 e. The highest BCUT2D eigenvalue weighted by molar-refractivity contribution is 5.72. The van der Waals surface area contributed by atoms with E-state index in [2.05, 4.69) is 5.32 Å². The molecule has 0 bridgehead atoms. The lowest BCUT2D eigenvalue weighted by molar-refractivity contribution is -0.166. The summed E-state index contributed by atoms with van der Waals surface area (Å²) >= 11 is 0. The van der Waals surface area contributed by atoms with Gasteiger partial charge >= 0.3 is 0 Å². The summed E-state index contributed by atoms with van der Waals surface area (Å²) in [6.45, 7) is 7.85. The molecular weight excluding hydrogens is 198 g/mol. The van der Waals surface area contributed by atoms with E-state index in [4.69, 9.17) is 14.2 Å². The van der Waals surface area contributed by atoms with Gasteiger partial charge in [-0.15, -0.1) is 0 Å². The van der Waals surface area contributed by atoms with Gasteiger partial charge in [0, 0.05) is 26.7 Å². The van der Waals surface area contributed by atoms with Gasteiger partial charge in [-0.1, -0.05) is 0 Å². The molecule has 0 atom stereocenters. The van der Waals surface area contributed by atoms with Crippen LogP contribution < -0.4 is 5.32 Å². The molecule has 5 heteroatoms. The summed E-state index contributed by atoms with van der Waals surface area (Å²) in [5.41, 5.74) is 0. The third kappa shape index (κ3) is 9.65. The average Bonchev–Trinajstić information content (AvgIpc) is 2.17. The third-order valence-electron chi connectivity index (χ3n) is 1.58. The van der Waals surface area contributed by atoms with Crippen molar-refractivity contribution >= 4 is 5.91 Å². The van der Waals surface area contributed by atoms with Crippen LogP contribution in [0.2, 0.25) is 0 Å². The van der Waals surface area contributed by atoms with E-state index < -0.39 is 0 Å². The first kappa shape index (κ1) is 14.3. The van der Waals surface area contributed by atoms with Crippen molar-refractivity contribution in [2.45, 2.75) is 27.1 Å². The van der Waals surface area contributed by atoms with Crippen molar-refractivity contribution in [3.8, 4) is 0 Å². The van der Waals surface area contributed by atoms with Crippen molar-refractivity contribution in [3.63, 3.8) is 0 Å². The van der Waals surface area contributed by atoms with E-state index in [1.54, 1.807) is 0 Å². The minimum Gasteiger partial charge on any atom is -0.374 e. The summed E-state index contributed by atoms with van der Waals surface area (Å²) in [6.07, 6.45) is -0.308. The number of hydrogen-bond donors (Lipinski definition) is 1. The Balaban J connectivity index is 3.39. The van der Waals surface area contributed by atoms with Gasteiger partial charge in [0.15, 0.2) is 6.29 Å². The van der Waals surface area contributed by atoms with Crippen LogP contribution in [0.4, 0.5) is 0 Å². The van der Waals surface area contributed by atoms with Gasteiger partial charge in [-0.2, -0.15) is 0 Å². The molecule has 15 heavy (non-hydrogen) atoms. The molecule has 0 radical (unpaired) electrons. The second-order valence-corrected chi connectivity index (χ2v) is 2.90. The molecule has 0 unspecified atom stereocenters. The van der Waals surface area contributed by atoms with Gasteiger partial charge in [0.25, 0.3) is 0 Å². The van der Waals surface area contributed by atoms with Crippen LogP contribution in [-0.2, 0) is 19.0 Å². The van der Waals surface area contributed by atoms with E-state index >= 15 is 0 Å². The number of hydrogen-bond acceptors (Lipinski definition) is 4. The van der Waals surface area contributed by atoms with E-state index in [9.17, 15) is 4.79 Å². The number of carbonyl (C=O) groups excluding carboxylic acids is 1. The summed E-state index contributed by atoms with van der Waals surface area (Å²) in [6, 6.07) is 0. The fourth-order valence-electron chi connectivity index (χ4n) is 0.995. The highest BCUT2D eigenvalue weighted by Crippen LogP contribution is 1.95. The molecule has 90 valence electrons. The predicted octanol–water partition coefficient (Wildman–Crippen LogP) is 0.538. The molecule has 0 fully saturated rings. The predicted molar refractivity (Wildman–Crippen MR) is 56.5 cm³/mol. The number of amides is 1. The maximum absolute atomic E-state index is 10.5. The lowest BCUT2D eigenvalue weighted by atomic mass is 10.6. The van der Waals surface area contributed by atoms with Gasteiger partial charge in [0.05, 0.1) is 13.2 Å². The highest BCUT2D eigenvalue weighted by atomic mass is 16.7. The van der Waals surface area contributed by atoms with E-state index in [0.717, 1.165) is 0 Å². The lowest BCUT2D eigenvalue weighted by Gasteiger charge is -2.16. The molecule has 0 rings (SSSR count). The van der Waals surface area contributed by atoms with Gasteiger partial charge in [-0.05, 0) is 13.8 Å². The van der Waals surface area contributed by atoms with E-state index in [-0.39, 0.29) is 12.2 Å². The van der Waals surface area contributed by atoms with Gasteiger partial charge in [0.1, 0.15) is 0 Å². The fourth-order valence-corrected chi connectivity index (χ4v) is 0.995. The summed E-state index contributed by atoms with van der Waals surface area (Å²) < 4.78 is 15.8. The van der Waals surface area contributed by atoms with Crippen molar-refractivity contribution in [1.29, 1.82) is 0 Å². The molecule has 0 aromatic carbocycles. The minimum absolute atomic E-state index is 0.0511. The van der Waals surface area contributed by atoms with E-state index in [1.807, 2.05) is 13.8 Å². The summed E-state index contributed by atoms with van der Waals surface area (Å²) in [5, 5.41) is 2.64. The number of nitrogens with one attached hydrogen (secondary N) is 1. The molecule has 0 spiro atoms. The fraction of sp³-hybridized carbons (Fsp3) is 0.900. The average molecular weight is 219 g/mol. The monoisotopic (exact) mass is 219 g/mol. The molecule has 0 heterocycles. The first-order valence-corrected chi connectivity index (χ1v) is 5.26. The Morgan fingerprint density at radius 1 is 1.27 bits per heavy atom. The molecule has 0 saturated carbocycles. The first-order valence-electron chi connectivity index (χ1n) is 5.26. The Labute approximate surface area is 91.1 Å². The molecular formula is C10H21NO4. The zero-order valence-corrected chi connectivity index (χ0v) is 9.75. The molecule has 0 aromatic rings. The van der Waals surface area contributed by atoms with E-state index in [0.29, 0.717) is 33.0 Å². The number of ether oxygens (including phenoxy) is 3. The Hall–Kier alpha value is -0.650. The largest absolute Gasteiger partial charge is 0.374 e. The molecule has 5 nitrogen and oxygen atoms in total. The van der Waals surface area contributed by atoms with Gasteiger partial charge in [0.2, 0.25) is 5.91 Å². The lowest BCUT2D eigenvalue weighted by Crippen LogP contribution is -2.28. The maximum Gasteiger partial charge on any atom is 0.216 e. The van der Waals surface area contributed by atoms with Crippen molar-refractivity contribution in [2.75, 3.05) is 33.0 Å². The second-order valence-electron chi connectivity index (χ2n) is 2.90. The molecule has 1 N–H and O–H groups in total. The molecule has 0 aliphatic rings. The van der Waals surface area contributed by atoms with Crippen LogP contribution >= 0.6 is 0 Å². The zero-order chi connectivity index (χ0) is 11.5. The number of carbonyl (C=O) groups is 1. The van der Waals surface area contributed by atoms with Crippen LogP contribution in [-0.4, -0.2) is 45.2 Å². The molecule has 0 aliphatic carbocycles. The molecule has 1 amide bonds. The third-order valence-corrected chi connectivity index (χ3v) is 1.58. The topological polar surface area (TPSA) is 56.8 Å². The minimum atomic E-state index is -0.308. The van der Waals surface area contributed by atoms with Crippen LogP contribution in [0, 0.1) is 0 Å². The zero-order valence-electron chi connectivity index (χ0n) is 9.75. The molecule has 0 aliphatic heterocycles. The summed E-state index contributed by atoms with van der Waals surface area (Å²) in [7, 11) is 0. The van der Waals surface area contributed by atoms with Crippen molar-refractivity contribution in [2.24, 2.45) is 0 Å². The van der Waals surface area contributed by atoms with Gasteiger partial charge in [-0.25, -0.2) is 0 Å².